The molecule has 0 aliphatic carbocycles. The van der Waals surface area contributed by atoms with E-state index in [1.54, 1.807) is 68.1 Å². The minimum Gasteiger partial charge on any atom is -0.491 e. The molecule has 0 saturated heterocycles. The second kappa shape index (κ2) is 13.4. The van der Waals surface area contributed by atoms with Crippen molar-refractivity contribution in [3.8, 4) is 5.75 Å². The number of nitrogens with one attached hydrogen (secondary N) is 3. The summed E-state index contributed by atoms with van der Waals surface area (Å²) in [5, 5.41) is 12.4. The van der Waals surface area contributed by atoms with Crippen LogP contribution in [0.2, 0.25) is 0 Å². The zero-order chi connectivity index (χ0) is 30.4. The van der Waals surface area contributed by atoms with Gasteiger partial charge in [0, 0.05) is 50.6 Å². The van der Waals surface area contributed by atoms with E-state index < -0.39 is 12.1 Å². The van der Waals surface area contributed by atoms with Crippen molar-refractivity contribution in [1.29, 1.82) is 0 Å². The van der Waals surface area contributed by atoms with Crippen molar-refractivity contribution in [2.45, 2.75) is 39.8 Å². The molecule has 3 aromatic rings. The van der Waals surface area contributed by atoms with Crippen molar-refractivity contribution < 1.29 is 28.4 Å². The summed E-state index contributed by atoms with van der Waals surface area (Å²) in [5.41, 5.74) is 2.50. The Bertz CT molecular complexity index is 1390. The number of amides is 5. The number of aryl methyl sites for hydroxylation is 2. The molecule has 1 aliphatic rings. The highest BCUT2D eigenvalue weighted by molar-refractivity contribution is 6.01. The summed E-state index contributed by atoms with van der Waals surface area (Å²) in [7, 11) is 3.29. The Kier molecular flexibility index (Phi) is 9.68. The molecule has 12 heteroatoms. The second-order valence-corrected chi connectivity index (χ2v) is 10.5. The number of methoxy groups -OCH3 is 1. The lowest BCUT2D eigenvalue weighted by Gasteiger charge is -2.36. The first-order valence-electron chi connectivity index (χ1n) is 13.8. The van der Waals surface area contributed by atoms with Crippen molar-refractivity contribution in [2.75, 3.05) is 49.8 Å². The van der Waals surface area contributed by atoms with Gasteiger partial charge >= 0.3 is 12.1 Å². The summed E-state index contributed by atoms with van der Waals surface area (Å²) < 4.78 is 17.2. The zero-order valence-corrected chi connectivity index (χ0v) is 24.8. The van der Waals surface area contributed by atoms with Crippen molar-refractivity contribution >= 4 is 35.0 Å². The SMILES string of the molecule is CO[C@@H]1CN(C)C(=O)c2ccc(NC(=O)Nc3ccccc3)cc2OC[C@@H](C)N(C(=O)Nc2c(C)noc2C)C[C@@H]1C. The number of para-hydroxylation sites is 1. The molecule has 224 valence electrons. The molecule has 0 spiro atoms. The summed E-state index contributed by atoms with van der Waals surface area (Å²) in [5.74, 6) is 0.426. The summed E-state index contributed by atoms with van der Waals surface area (Å²) >= 11 is 0. The summed E-state index contributed by atoms with van der Waals surface area (Å²) in [6, 6.07) is 12.8. The van der Waals surface area contributed by atoms with E-state index in [4.69, 9.17) is 14.0 Å². The van der Waals surface area contributed by atoms with E-state index in [-0.39, 0.29) is 36.3 Å². The number of ether oxygens (including phenoxy) is 2. The van der Waals surface area contributed by atoms with Crippen molar-refractivity contribution in [3.63, 3.8) is 0 Å². The van der Waals surface area contributed by atoms with Crippen LogP contribution in [-0.2, 0) is 4.74 Å². The van der Waals surface area contributed by atoms with Gasteiger partial charge in [0.05, 0.1) is 17.7 Å². The number of urea groups is 2. The highest BCUT2D eigenvalue weighted by atomic mass is 16.5. The van der Waals surface area contributed by atoms with E-state index in [1.807, 2.05) is 32.0 Å². The first-order chi connectivity index (χ1) is 20.1. The van der Waals surface area contributed by atoms with Gasteiger partial charge in [-0.2, -0.15) is 0 Å². The van der Waals surface area contributed by atoms with Crippen LogP contribution in [0.3, 0.4) is 0 Å². The van der Waals surface area contributed by atoms with Gasteiger partial charge in [0.25, 0.3) is 5.91 Å². The van der Waals surface area contributed by atoms with E-state index in [0.717, 1.165) is 0 Å². The Hall–Kier alpha value is -4.58. The highest BCUT2D eigenvalue weighted by Crippen LogP contribution is 2.27. The monoisotopic (exact) mass is 578 g/mol. The Morgan fingerprint density at radius 1 is 1.00 bits per heavy atom. The highest BCUT2D eigenvalue weighted by Gasteiger charge is 2.31. The lowest BCUT2D eigenvalue weighted by Crippen LogP contribution is -2.50. The van der Waals surface area contributed by atoms with Crippen molar-refractivity contribution in [3.05, 3.63) is 65.5 Å². The van der Waals surface area contributed by atoms with Gasteiger partial charge in [-0.25, -0.2) is 9.59 Å². The Morgan fingerprint density at radius 3 is 2.38 bits per heavy atom. The largest absolute Gasteiger partial charge is 0.491 e. The fraction of sp³-hybridized carbons (Fsp3) is 0.400. The third-order valence-electron chi connectivity index (χ3n) is 7.26. The Balaban J connectivity index is 1.61. The number of fused-ring (bicyclic) bond motifs is 1. The average molecular weight is 579 g/mol. The predicted octanol–water partition coefficient (Wildman–Crippen LogP) is 4.97. The van der Waals surface area contributed by atoms with Gasteiger partial charge in [0.1, 0.15) is 23.7 Å². The fourth-order valence-corrected chi connectivity index (χ4v) is 4.79. The van der Waals surface area contributed by atoms with Gasteiger partial charge in [-0.05, 0) is 45.0 Å². The average Bonchev–Trinajstić information content (AvgIpc) is 3.28. The van der Waals surface area contributed by atoms with Crippen molar-refractivity contribution in [2.24, 2.45) is 5.92 Å². The molecule has 5 amide bonds. The number of hydrogen-bond donors (Lipinski definition) is 3. The van der Waals surface area contributed by atoms with E-state index >= 15 is 0 Å². The predicted molar refractivity (Wildman–Crippen MR) is 159 cm³/mol. The molecule has 3 N–H and O–H groups in total. The smallest absolute Gasteiger partial charge is 0.323 e. The Morgan fingerprint density at radius 2 is 1.71 bits per heavy atom. The molecule has 0 fully saturated rings. The van der Waals surface area contributed by atoms with E-state index in [0.29, 0.717) is 47.2 Å². The topological polar surface area (TPSA) is 138 Å². The number of rotatable bonds is 4. The zero-order valence-electron chi connectivity index (χ0n) is 24.8. The number of carbonyl (C=O) groups excluding carboxylic acids is 3. The van der Waals surface area contributed by atoms with Gasteiger partial charge in [-0.3, -0.25) is 4.79 Å². The minimum absolute atomic E-state index is 0.0864. The third-order valence-corrected chi connectivity index (χ3v) is 7.26. The lowest BCUT2D eigenvalue weighted by atomic mass is 10.0. The van der Waals surface area contributed by atoms with Crippen LogP contribution in [0, 0.1) is 19.8 Å². The molecular weight excluding hydrogens is 540 g/mol. The van der Waals surface area contributed by atoms with Gasteiger partial charge in [0.15, 0.2) is 5.76 Å². The number of benzene rings is 2. The fourth-order valence-electron chi connectivity index (χ4n) is 4.79. The molecule has 12 nitrogen and oxygen atoms in total. The van der Waals surface area contributed by atoms with Crippen LogP contribution in [0.25, 0.3) is 0 Å². The maximum atomic E-state index is 13.6. The standard InChI is InChI=1S/C30H38N6O6/c1-18-15-36(30(39)33-27-20(3)34-42-21(27)4)19(2)17-41-25-14-23(32-29(38)31-22-10-8-7-9-11-22)12-13-24(25)28(37)35(5)16-26(18)40-6/h7-14,18-19,26H,15-17H2,1-6H3,(H,33,39)(H2,31,32,38)/t18-,19+,26+/m0/s1. The van der Waals surface area contributed by atoms with Crippen LogP contribution in [0.4, 0.5) is 26.7 Å². The summed E-state index contributed by atoms with van der Waals surface area (Å²) in [4.78, 5) is 42.9. The van der Waals surface area contributed by atoms with E-state index in [9.17, 15) is 14.4 Å². The van der Waals surface area contributed by atoms with Crippen LogP contribution >= 0.6 is 0 Å². The summed E-state index contributed by atoms with van der Waals surface area (Å²) in [6.45, 7) is 8.07. The Labute approximate surface area is 245 Å². The quantitative estimate of drug-likeness (QED) is 0.397. The molecule has 2 heterocycles. The van der Waals surface area contributed by atoms with E-state index in [1.165, 1.54) is 0 Å². The molecule has 42 heavy (non-hydrogen) atoms. The summed E-state index contributed by atoms with van der Waals surface area (Å²) in [6.07, 6.45) is -0.341. The maximum Gasteiger partial charge on any atom is 0.323 e. The number of carbonyl (C=O) groups is 3. The van der Waals surface area contributed by atoms with Gasteiger partial charge in [-0.15, -0.1) is 0 Å². The number of hydrogen-bond acceptors (Lipinski definition) is 7. The number of nitrogens with zero attached hydrogens (tertiary/aromatic N) is 3. The molecule has 0 saturated carbocycles. The minimum atomic E-state index is -0.440. The third kappa shape index (κ3) is 7.19. The number of aromatic nitrogens is 1. The van der Waals surface area contributed by atoms with Gasteiger partial charge < -0.3 is 39.7 Å². The molecule has 1 aliphatic heterocycles. The normalized spacial score (nSPS) is 19.6. The van der Waals surface area contributed by atoms with E-state index in [2.05, 4.69) is 21.1 Å². The lowest BCUT2D eigenvalue weighted by molar-refractivity contribution is 0.0174. The van der Waals surface area contributed by atoms with Gasteiger partial charge in [0.2, 0.25) is 0 Å². The van der Waals surface area contributed by atoms with Crippen LogP contribution in [-0.4, -0.2) is 78.9 Å². The molecule has 0 bridgehead atoms. The molecule has 4 rings (SSSR count). The molecular formula is C30H38N6O6. The van der Waals surface area contributed by atoms with Crippen LogP contribution in [0.1, 0.15) is 35.7 Å². The molecule has 0 unspecified atom stereocenters. The van der Waals surface area contributed by atoms with Crippen LogP contribution in [0.5, 0.6) is 5.75 Å². The molecule has 2 aromatic carbocycles. The molecule has 1 aromatic heterocycles. The maximum absolute atomic E-state index is 13.6. The first kappa shape index (κ1) is 30.4. The molecule has 3 atom stereocenters. The first-order valence-corrected chi connectivity index (χ1v) is 13.8. The molecule has 0 radical (unpaired) electrons. The van der Waals surface area contributed by atoms with Gasteiger partial charge in [-0.1, -0.05) is 30.3 Å². The van der Waals surface area contributed by atoms with Crippen LogP contribution < -0.4 is 20.7 Å². The second-order valence-electron chi connectivity index (χ2n) is 10.5. The number of likely N-dealkylation sites (N-methyl/N-ethyl adjacent to an activating group) is 1. The van der Waals surface area contributed by atoms with Crippen molar-refractivity contribution in [1.82, 2.24) is 15.0 Å². The number of anilines is 3. The van der Waals surface area contributed by atoms with Crippen LogP contribution in [0.15, 0.2) is 53.1 Å².